The molecule has 78 valence electrons. The van der Waals surface area contributed by atoms with Crippen LogP contribution in [0.3, 0.4) is 0 Å². The van der Waals surface area contributed by atoms with Crippen LogP contribution < -0.4 is 5.73 Å². The van der Waals surface area contributed by atoms with Crippen molar-refractivity contribution < 1.29 is 5.11 Å². The fourth-order valence-corrected chi connectivity index (χ4v) is 1.82. The number of halogens is 1. The van der Waals surface area contributed by atoms with Gasteiger partial charge in [0.25, 0.3) is 0 Å². The molecule has 1 atom stereocenters. The molecule has 0 aromatic heterocycles. The normalized spacial score (nSPS) is 15.1. The van der Waals surface area contributed by atoms with E-state index in [1.54, 1.807) is 0 Å². The summed E-state index contributed by atoms with van der Waals surface area (Å²) in [6, 6.07) is 8.32. The summed E-state index contributed by atoms with van der Waals surface area (Å²) in [7, 11) is 0. The van der Waals surface area contributed by atoms with Crippen LogP contribution in [0.25, 0.3) is 0 Å². The molecule has 0 bridgehead atoms. The molecule has 0 aliphatic carbocycles. The highest BCUT2D eigenvalue weighted by molar-refractivity contribution is 14.1. The number of benzene rings is 1. The third-order valence-electron chi connectivity index (χ3n) is 2.66. The van der Waals surface area contributed by atoms with Crippen LogP contribution in [0.1, 0.15) is 18.9 Å². The van der Waals surface area contributed by atoms with Crippen LogP contribution >= 0.6 is 22.6 Å². The average molecular weight is 305 g/mol. The Bertz CT molecular complexity index is 286. The first kappa shape index (κ1) is 11.9. The molecule has 0 saturated heterocycles. The van der Waals surface area contributed by atoms with Crippen LogP contribution in [0.2, 0.25) is 0 Å². The minimum atomic E-state index is -0.0981. The first-order chi connectivity index (χ1) is 6.62. The fraction of sp³-hybridized carbons (Fsp3) is 0.455. The van der Waals surface area contributed by atoms with Crippen molar-refractivity contribution in [3.63, 3.8) is 0 Å². The van der Waals surface area contributed by atoms with Gasteiger partial charge in [0.05, 0.1) is 0 Å². The number of aliphatic hydroxyl groups is 1. The number of nitrogens with two attached hydrogens (primary N) is 1. The monoisotopic (exact) mass is 305 g/mol. The number of hydrogen-bond donors (Lipinski definition) is 2. The van der Waals surface area contributed by atoms with E-state index in [1.807, 2.05) is 0 Å². The molecule has 0 amide bonds. The first-order valence-electron chi connectivity index (χ1n) is 4.69. The van der Waals surface area contributed by atoms with E-state index < -0.39 is 0 Å². The van der Waals surface area contributed by atoms with E-state index in [0.717, 1.165) is 0 Å². The largest absolute Gasteiger partial charge is 0.396 e. The summed E-state index contributed by atoms with van der Waals surface area (Å²) in [4.78, 5) is 0. The Balaban J connectivity index is 2.94. The van der Waals surface area contributed by atoms with Gasteiger partial charge >= 0.3 is 0 Å². The maximum Gasteiger partial charge on any atom is 0.0439 e. The molecule has 3 heteroatoms. The lowest BCUT2D eigenvalue weighted by Crippen LogP contribution is -2.32. The van der Waals surface area contributed by atoms with Gasteiger partial charge < -0.3 is 10.8 Å². The van der Waals surface area contributed by atoms with Crippen LogP contribution in [0.15, 0.2) is 24.3 Å². The smallest absolute Gasteiger partial charge is 0.0439 e. The van der Waals surface area contributed by atoms with Crippen LogP contribution in [-0.4, -0.2) is 18.3 Å². The Labute approximate surface area is 98.7 Å². The molecule has 0 saturated carbocycles. The molecule has 0 heterocycles. The predicted octanol–water partition coefficient (Wildman–Crippen LogP) is 1.89. The van der Waals surface area contributed by atoms with Crippen molar-refractivity contribution in [3.8, 4) is 0 Å². The number of aliphatic hydroxyl groups excluding tert-OH is 1. The zero-order chi connectivity index (χ0) is 10.6. The van der Waals surface area contributed by atoms with Crippen molar-refractivity contribution in [2.45, 2.75) is 18.8 Å². The van der Waals surface area contributed by atoms with Gasteiger partial charge in [-0.25, -0.2) is 0 Å². The van der Waals surface area contributed by atoms with E-state index in [-0.39, 0.29) is 12.0 Å². The van der Waals surface area contributed by atoms with Gasteiger partial charge in [0.15, 0.2) is 0 Å². The third kappa shape index (κ3) is 2.68. The van der Waals surface area contributed by atoms with E-state index >= 15 is 0 Å². The van der Waals surface area contributed by atoms with Gasteiger partial charge in [-0.3, -0.25) is 0 Å². The Morgan fingerprint density at radius 1 is 1.36 bits per heavy atom. The van der Waals surface area contributed by atoms with E-state index in [2.05, 4.69) is 53.8 Å². The second kappa shape index (κ2) is 5.09. The lowest BCUT2D eigenvalue weighted by atomic mass is 9.80. The Hall–Kier alpha value is -0.130. The molecule has 14 heavy (non-hydrogen) atoms. The standard InChI is InChI=1S/C11H16INO/c1-11(8-13,6-7-14)9-2-4-10(12)5-3-9/h2-5,14H,6-8,13H2,1H3. The van der Waals surface area contributed by atoms with Crippen molar-refractivity contribution in [1.82, 2.24) is 0 Å². The van der Waals surface area contributed by atoms with Crippen molar-refractivity contribution in [3.05, 3.63) is 33.4 Å². The highest BCUT2D eigenvalue weighted by Gasteiger charge is 2.23. The molecule has 0 aliphatic rings. The summed E-state index contributed by atoms with van der Waals surface area (Å²) >= 11 is 2.28. The van der Waals surface area contributed by atoms with Gasteiger partial charge in [0.2, 0.25) is 0 Å². The van der Waals surface area contributed by atoms with Gasteiger partial charge in [-0.15, -0.1) is 0 Å². The van der Waals surface area contributed by atoms with E-state index in [1.165, 1.54) is 9.13 Å². The Morgan fingerprint density at radius 3 is 2.36 bits per heavy atom. The zero-order valence-corrected chi connectivity index (χ0v) is 10.5. The maximum absolute atomic E-state index is 8.99. The van der Waals surface area contributed by atoms with Crippen LogP contribution in [0.5, 0.6) is 0 Å². The maximum atomic E-state index is 8.99. The molecule has 2 nitrogen and oxygen atoms in total. The average Bonchev–Trinajstić information content (AvgIpc) is 2.19. The predicted molar refractivity (Wildman–Crippen MR) is 67.3 cm³/mol. The van der Waals surface area contributed by atoms with Crippen molar-refractivity contribution in [1.29, 1.82) is 0 Å². The molecular formula is C11H16INO. The molecule has 1 aromatic rings. The first-order valence-corrected chi connectivity index (χ1v) is 5.77. The lowest BCUT2D eigenvalue weighted by molar-refractivity contribution is 0.247. The molecule has 0 spiro atoms. The minimum Gasteiger partial charge on any atom is -0.396 e. The van der Waals surface area contributed by atoms with Gasteiger partial charge in [-0.1, -0.05) is 19.1 Å². The summed E-state index contributed by atoms with van der Waals surface area (Å²) in [5, 5.41) is 8.99. The molecule has 3 N–H and O–H groups in total. The molecule has 0 radical (unpaired) electrons. The van der Waals surface area contributed by atoms with Crippen LogP contribution in [0.4, 0.5) is 0 Å². The zero-order valence-electron chi connectivity index (χ0n) is 8.33. The van der Waals surface area contributed by atoms with Crippen molar-refractivity contribution in [2.24, 2.45) is 5.73 Å². The summed E-state index contributed by atoms with van der Waals surface area (Å²) < 4.78 is 1.22. The molecule has 1 unspecified atom stereocenters. The Kier molecular flexibility index (Phi) is 4.34. The quantitative estimate of drug-likeness (QED) is 0.835. The van der Waals surface area contributed by atoms with E-state index in [9.17, 15) is 0 Å². The van der Waals surface area contributed by atoms with Crippen LogP contribution in [-0.2, 0) is 5.41 Å². The summed E-state index contributed by atoms with van der Waals surface area (Å²) in [5.41, 5.74) is 6.86. The van der Waals surface area contributed by atoms with Crippen LogP contribution in [0, 0.1) is 3.57 Å². The fourth-order valence-electron chi connectivity index (χ4n) is 1.46. The second-order valence-corrected chi connectivity index (χ2v) is 4.99. The summed E-state index contributed by atoms with van der Waals surface area (Å²) in [5.74, 6) is 0. The van der Waals surface area contributed by atoms with E-state index in [4.69, 9.17) is 10.8 Å². The highest BCUT2D eigenvalue weighted by atomic mass is 127. The van der Waals surface area contributed by atoms with Gasteiger partial charge in [-0.05, 0) is 46.7 Å². The Morgan fingerprint density at radius 2 is 1.93 bits per heavy atom. The highest BCUT2D eigenvalue weighted by Crippen LogP contribution is 2.26. The van der Waals surface area contributed by atoms with Crippen molar-refractivity contribution in [2.75, 3.05) is 13.2 Å². The molecule has 1 aromatic carbocycles. The number of hydrogen-bond acceptors (Lipinski definition) is 2. The van der Waals surface area contributed by atoms with Gasteiger partial charge in [-0.2, -0.15) is 0 Å². The third-order valence-corrected chi connectivity index (χ3v) is 3.37. The number of rotatable bonds is 4. The minimum absolute atomic E-state index is 0.0981. The SMILES string of the molecule is CC(CN)(CCO)c1ccc(I)cc1. The van der Waals surface area contributed by atoms with Crippen molar-refractivity contribution >= 4 is 22.6 Å². The summed E-state index contributed by atoms with van der Waals surface area (Å²) in [6.45, 7) is 2.83. The molecule has 0 fully saturated rings. The van der Waals surface area contributed by atoms with Gasteiger partial charge in [0, 0.05) is 22.1 Å². The molecular weight excluding hydrogens is 289 g/mol. The molecule has 1 rings (SSSR count). The topological polar surface area (TPSA) is 46.2 Å². The summed E-state index contributed by atoms with van der Waals surface area (Å²) in [6.07, 6.45) is 0.712. The molecule has 0 aliphatic heterocycles. The second-order valence-electron chi connectivity index (χ2n) is 3.75. The van der Waals surface area contributed by atoms with Gasteiger partial charge in [0.1, 0.15) is 0 Å². The lowest BCUT2D eigenvalue weighted by Gasteiger charge is -2.27. The van der Waals surface area contributed by atoms with E-state index in [0.29, 0.717) is 13.0 Å².